The van der Waals surface area contributed by atoms with Crippen LogP contribution in [0.4, 0.5) is 4.39 Å². The minimum Gasteiger partial charge on any atom is -0.507 e. The second kappa shape index (κ2) is 5.45. The first-order valence-corrected chi connectivity index (χ1v) is 6.75. The Bertz CT molecular complexity index is 573. The highest BCUT2D eigenvalue weighted by atomic mass is 32.2. The number of hydrogen-bond acceptors (Lipinski definition) is 6. The fourth-order valence-electron chi connectivity index (χ4n) is 1.40. The molecule has 4 nitrogen and oxygen atoms in total. The number of Topliss-reactive ketones (excluding diaryl/α,β-unsaturated/α-hetero) is 1. The van der Waals surface area contributed by atoms with Gasteiger partial charge in [0.2, 0.25) is 0 Å². The van der Waals surface area contributed by atoms with Crippen molar-refractivity contribution in [3.05, 3.63) is 35.4 Å². The summed E-state index contributed by atoms with van der Waals surface area (Å²) < 4.78 is 17.9. The van der Waals surface area contributed by atoms with E-state index < -0.39 is 5.82 Å². The molecule has 7 heteroatoms. The van der Waals surface area contributed by atoms with Crippen molar-refractivity contribution in [1.82, 2.24) is 9.36 Å². The van der Waals surface area contributed by atoms with E-state index in [1.54, 1.807) is 0 Å². The number of hydrogen-bond donors (Lipinski definition) is 1. The maximum atomic E-state index is 13.3. The second-order valence-electron chi connectivity index (χ2n) is 3.51. The molecule has 2 aromatic rings. The first-order chi connectivity index (χ1) is 8.58. The zero-order valence-electron chi connectivity index (χ0n) is 9.38. The average molecular weight is 284 g/mol. The first kappa shape index (κ1) is 13.0. The van der Waals surface area contributed by atoms with Crippen LogP contribution in [-0.2, 0) is 5.75 Å². The standard InChI is InChI=1S/C11H9FN2O2S2/c1-6(15)9-3-8(12)2-7(10(9)16)4-17-11-13-5-14-18-11/h2-3,5,16H,4H2,1H3. The van der Waals surface area contributed by atoms with Crippen molar-refractivity contribution in [1.29, 1.82) is 0 Å². The van der Waals surface area contributed by atoms with E-state index in [4.69, 9.17) is 0 Å². The summed E-state index contributed by atoms with van der Waals surface area (Å²) in [5.74, 6) is -0.736. The Hall–Kier alpha value is -1.47. The molecule has 0 aliphatic carbocycles. The van der Waals surface area contributed by atoms with Crippen LogP contribution in [0.25, 0.3) is 0 Å². The predicted octanol–water partition coefficient (Wildman–Crippen LogP) is 2.88. The van der Waals surface area contributed by atoms with E-state index in [9.17, 15) is 14.3 Å². The monoisotopic (exact) mass is 284 g/mol. The number of thioether (sulfide) groups is 1. The molecular formula is C11H9FN2O2S2. The van der Waals surface area contributed by atoms with Gasteiger partial charge in [-0.25, -0.2) is 9.37 Å². The van der Waals surface area contributed by atoms with Gasteiger partial charge in [-0.3, -0.25) is 4.79 Å². The highest BCUT2D eigenvalue weighted by Crippen LogP contribution is 2.31. The number of carbonyl (C=O) groups is 1. The molecule has 0 fully saturated rings. The number of nitrogens with zero attached hydrogens (tertiary/aromatic N) is 2. The van der Waals surface area contributed by atoms with E-state index in [0.29, 0.717) is 11.3 Å². The van der Waals surface area contributed by atoms with E-state index in [1.807, 2.05) is 0 Å². The van der Waals surface area contributed by atoms with Gasteiger partial charge in [0, 0.05) is 11.3 Å². The van der Waals surface area contributed by atoms with Crippen LogP contribution >= 0.6 is 23.3 Å². The second-order valence-corrected chi connectivity index (χ2v) is 5.52. The molecule has 1 N–H and O–H groups in total. The summed E-state index contributed by atoms with van der Waals surface area (Å²) in [6.07, 6.45) is 1.43. The number of aromatic hydroxyl groups is 1. The van der Waals surface area contributed by atoms with Gasteiger partial charge >= 0.3 is 0 Å². The van der Waals surface area contributed by atoms with E-state index in [1.165, 1.54) is 42.6 Å². The lowest BCUT2D eigenvalue weighted by Gasteiger charge is -2.07. The SMILES string of the molecule is CC(=O)c1cc(F)cc(CSc2ncns2)c1O. The third-order valence-corrected chi connectivity index (χ3v) is 4.07. The van der Waals surface area contributed by atoms with Gasteiger partial charge in [-0.2, -0.15) is 4.37 Å². The maximum absolute atomic E-state index is 13.3. The van der Waals surface area contributed by atoms with Crippen LogP contribution < -0.4 is 0 Å². The van der Waals surface area contributed by atoms with Crippen LogP contribution in [0, 0.1) is 5.82 Å². The van der Waals surface area contributed by atoms with Crippen molar-refractivity contribution < 1.29 is 14.3 Å². The van der Waals surface area contributed by atoms with Crippen LogP contribution in [0.3, 0.4) is 0 Å². The quantitative estimate of drug-likeness (QED) is 0.691. The van der Waals surface area contributed by atoms with Gasteiger partial charge in [0.05, 0.1) is 5.56 Å². The van der Waals surface area contributed by atoms with Crippen LogP contribution in [0.5, 0.6) is 5.75 Å². The van der Waals surface area contributed by atoms with Gasteiger partial charge in [0.15, 0.2) is 10.1 Å². The molecule has 1 heterocycles. The fourth-order valence-corrected chi connectivity index (χ4v) is 2.82. The molecular weight excluding hydrogens is 275 g/mol. The molecule has 0 amide bonds. The van der Waals surface area contributed by atoms with E-state index >= 15 is 0 Å². The zero-order chi connectivity index (χ0) is 13.1. The summed E-state index contributed by atoms with van der Waals surface area (Å²) in [6, 6.07) is 2.26. The number of carbonyl (C=O) groups excluding carboxylic acids is 1. The summed E-state index contributed by atoms with van der Waals surface area (Å²) in [7, 11) is 0. The topological polar surface area (TPSA) is 63.1 Å². The predicted molar refractivity (Wildman–Crippen MR) is 67.5 cm³/mol. The Morgan fingerprint density at radius 1 is 1.56 bits per heavy atom. The highest BCUT2D eigenvalue weighted by Gasteiger charge is 2.14. The van der Waals surface area contributed by atoms with E-state index in [0.717, 1.165) is 10.4 Å². The Morgan fingerprint density at radius 2 is 2.33 bits per heavy atom. The van der Waals surface area contributed by atoms with Gasteiger partial charge in [-0.1, -0.05) is 11.8 Å². The lowest BCUT2D eigenvalue weighted by Crippen LogP contribution is -1.97. The number of benzene rings is 1. The molecule has 1 aromatic heterocycles. The number of rotatable bonds is 4. The largest absolute Gasteiger partial charge is 0.507 e. The van der Waals surface area contributed by atoms with Crippen LogP contribution in [-0.4, -0.2) is 20.2 Å². The smallest absolute Gasteiger partial charge is 0.170 e. The Morgan fingerprint density at radius 3 is 2.94 bits per heavy atom. The lowest BCUT2D eigenvalue weighted by atomic mass is 10.1. The fraction of sp³-hybridized carbons (Fsp3) is 0.182. The van der Waals surface area contributed by atoms with Crippen LogP contribution in [0.2, 0.25) is 0 Å². The van der Waals surface area contributed by atoms with E-state index in [-0.39, 0.29) is 17.1 Å². The van der Waals surface area contributed by atoms with Crippen LogP contribution in [0.1, 0.15) is 22.8 Å². The van der Waals surface area contributed by atoms with Crippen molar-refractivity contribution >= 4 is 29.1 Å². The van der Waals surface area contributed by atoms with E-state index in [2.05, 4.69) is 9.36 Å². The van der Waals surface area contributed by atoms with Crippen molar-refractivity contribution in [2.24, 2.45) is 0 Å². The van der Waals surface area contributed by atoms with Gasteiger partial charge in [0.25, 0.3) is 0 Å². The van der Waals surface area contributed by atoms with Crippen molar-refractivity contribution in [2.75, 3.05) is 0 Å². The minimum absolute atomic E-state index is 0.00265. The zero-order valence-corrected chi connectivity index (χ0v) is 11.0. The average Bonchev–Trinajstić information content (AvgIpc) is 2.82. The number of aromatic nitrogens is 2. The lowest BCUT2D eigenvalue weighted by molar-refractivity contribution is 0.101. The molecule has 0 spiro atoms. The maximum Gasteiger partial charge on any atom is 0.170 e. The van der Waals surface area contributed by atoms with Gasteiger partial charge in [-0.05, 0) is 30.6 Å². The third kappa shape index (κ3) is 2.85. The molecule has 0 aliphatic rings. The Kier molecular flexibility index (Phi) is 3.93. The van der Waals surface area contributed by atoms with Gasteiger partial charge in [-0.15, -0.1) is 0 Å². The van der Waals surface area contributed by atoms with Gasteiger partial charge < -0.3 is 5.11 Å². The Balaban J connectivity index is 2.24. The normalized spacial score (nSPS) is 10.6. The summed E-state index contributed by atoms with van der Waals surface area (Å²) in [4.78, 5) is 15.2. The molecule has 0 unspecified atom stereocenters. The molecule has 94 valence electrons. The molecule has 0 atom stereocenters. The highest BCUT2D eigenvalue weighted by molar-refractivity contribution is 8.00. The molecule has 0 aliphatic heterocycles. The van der Waals surface area contributed by atoms with Crippen molar-refractivity contribution in [3.63, 3.8) is 0 Å². The third-order valence-electron chi connectivity index (χ3n) is 2.23. The number of phenolic OH excluding ortho intramolecular Hbond substituents is 1. The summed E-state index contributed by atoms with van der Waals surface area (Å²) in [5.41, 5.74) is 0.378. The molecule has 0 saturated carbocycles. The number of halogens is 1. The summed E-state index contributed by atoms with van der Waals surface area (Å²) in [6.45, 7) is 1.29. The summed E-state index contributed by atoms with van der Waals surface area (Å²) in [5, 5.41) is 9.88. The summed E-state index contributed by atoms with van der Waals surface area (Å²) >= 11 is 2.55. The van der Waals surface area contributed by atoms with Gasteiger partial charge in [0.1, 0.15) is 17.9 Å². The molecule has 0 bridgehead atoms. The molecule has 1 aromatic carbocycles. The molecule has 18 heavy (non-hydrogen) atoms. The van der Waals surface area contributed by atoms with Crippen LogP contribution in [0.15, 0.2) is 22.8 Å². The molecule has 0 saturated heterocycles. The molecule has 0 radical (unpaired) electrons. The van der Waals surface area contributed by atoms with Crippen molar-refractivity contribution in [2.45, 2.75) is 17.0 Å². The van der Waals surface area contributed by atoms with Crippen molar-refractivity contribution in [3.8, 4) is 5.75 Å². The number of ketones is 1. The first-order valence-electron chi connectivity index (χ1n) is 4.99. The Labute approximate surface area is 111 Å². The minimum atomic E-state index is -0.536. The number of phenols is 1. The molecule has 2 rings (SSSR count).